The van der Waals surface area contributed by atoms with Gasteiger partial charge in [0.05, 0.1) is 51.0 Å². The highest BCUT2D eigenvalue weighted by Crippen LogP contribution is 2.23. The molecule has 3 aromatic heterocycles. The maximum Gasteiger partial charge on any atom is 0.335 e. The number of hydrogen-bond acceptors (Lipinski definition) is 18. The average Bonchev–Trinajstić information content (AvgIpc) is 4.26. The van der Waals surface area contributed by atoms with E-state index < -0.39 is 17.9 Å². The number of amides is 3. The SMILES string of the molecule is O=C(O)c1ccc(-n2nnnc2SCC(=O)N2CCCC2)cc1.O=C(O)c1ccc(-n2nnnc2SCC(=O)N2CCCCC2)cc1.O=C(O)c1ccc(-n2nnnc2SCC(=O)N2CCCCCC2)cc1. The topological polar surface area (TPSA) is 304 Å². The lowest BCUT2D eigenvalue weighted by Crippen LogP contribution is -2.36. The normalized spacial score (nSPS) is 14.6. The molecule has 9 rings (SSSR count). The third-order valence-corrected chi connectivity index (χ3v) is 14.2. The van der Waals surface area contributed by atoms with Gasteiger partial charge in [0.1, 0.15) is 0 Å². The van der Waals surface area contributed by atoms with Gasteiger partial charge < -0.3 is 30.0 Å². The van der Waals surface area contributed by atoms with Gasteiger partial charge in [0.25, 0.3) is 0 Å². The van der Waals surface area contributed by atoms with E-state index in [1.165, 1.54) is 105 Å². The summed E-state index contributed by atoms with van der Waals surface area (Å²) in [6.45, 7) is 4.92. The standard InChI is InChI=1S/C16H19N5O3S.C15H17N5O3S.C14H15N5O3S/c22-14(20-9-3-1-2-4-10-20)11-25-16-17-18-19-21(16)13-7-5-12(6-8-13)15(23)24;21-13(19-8-2-1-3-9-19)10-24-15-16-17-18-20(15)12-6-4-11(5-7-12)14(22)23;20-12(18-7-1-2-8-18)9-23-14-15-16-17-19(14)11-5-3-10(4-6-11)13(21)22/h5-8H,1-4,9-11H2,(H,23,24);4-7H,1-3,8-10H2,(H,22,23);3-6H,1-2,7-9H2,(H,21,22). The number of hydrogen-bond donors (Lipinski definition) is 3. The van der Waals surface area contributed by atoms with Crippen molar-refractivity contribution in [2.24, 2.45) is 0 Å². The summed E-state index contributed by atoms with van der Waals surface area (Å²) in [6, 6.07) is 18.8. The second kappa shape index (κ2) is 26.3. The van der Waals surface area contributed by atoms with E-state index in [-0.39, 0.29) is 51.7 Å². The lowest BCUT2D eigenvalue weighted by atomic mass is 10.1. The zero-order valence-corrected chi connectivity index (χ0v) is 41.3. The number of likely N-dealkylation sites (tertiary alicyclic amines) is 3. The van der Waals surface area contributed by atoms with Crippen molar-refractivity contribution >= 4 is 70.9 Å². The Morgan fingerprint density at radius 1 is 0.375 bits per heavy atom. The van der Waals surface area contributed by atoms with Crippen molar-refractivity contribution in [1.82, 2.24) is 75.3 Å². The number of nitrogens with zero attached hydrogens (tertiary/aromatic N) is 15. The molecule has 3 amide bonds. The number of tetrazole rings is 3. The van der Waals surface area contributed by atoms with Crippen molar-refractivity contribution < 1.29 is 44.1 Å². The summed E-state index contributed by atoms with van der Waals surface area (Å²) < 4.78 is 4.50. The predicted molar refractivity (Wildman–Crippen MR) is 262 cm³/mol. The monoisotopic (exact) mass is 1040 g/mol. The first kappa shape index (κ1) is 52.6. The molecular weight excluding hydrogens is 991 g/mol. The highest BCUT2D eigenvalue weighted by atomic mass is 32.2. The van der Waals surface area contributed by atoms with Crippen LogP contribution in [0.3, 0.4) is 0 Å². The summed E-state index contributed by atoms with van der Waals surface area (Å²) in [7, 11) is 0. The molecule has 3 aromatic carbocycles. The Labute approximate surface area is 424 Å². The lowest BCUT2D eigenvalue weighted by molar-refractivity contribution is -0.129. The fourth-order valence-electron chi connectivity index (χ4n) is 7.61. The minimum absolute atomic E-state index is 0.0864. The number of rotatable bonds is 15. The number of carbonyl (C=O) groups excluding carboxylic acids is 3. The maximum absolute atomic E-state index is 12.4. The van der Waals surface area contributed by atoms with Crippen LogP contribution in [0.5, 0.6) is 0 Å². The van der Waals surface area contributed by atoms with Crippen LogP contribution in [-0.2, 0) is 14.4 Å². The largest absolute Gasteiger partial charge is 0.478 e. The molecule has 378 valence electrons. The molecule has 0 unspecified atom stereocenters. The third-order valence-electron chi connectivity index (χ3n) is 11.5. The van der Waals surface area contributed by atoms with Crippen LogP contribution in [0.1, 0.15) is 88.9 Å². The zero-order valence-electron chi connectivity index (χ0n) is 38.9. The predicted octanol–water partition coefficient (Wildman–Crippen LogP) is 4.40. The number of carboxylic acids is 3. The minimum Gasteiger partial charge on any atom is -0.478 e. The van der Waals surface area contributed by atoms with Gasteiger partial charge in [-0.15, -0.1) is 15.3 Å². The first-order valence-corrected chi connectivity index (χ1v) is 26.0. The van der Waals surface area contributed by atoms with E-state index >= 15 is 0 Å². The van der Waals surface area contributed by atoms with Crippen molar-refractivity contribution in [2.45, 2.75) is 73.3 Å². The lowest BCUT2D eigenvalue weighted by Gasteiger charge is -2.26. The molecule has 0 radical (unpaired) electrons. The Bertz CT molecular complexity index is 2770. The Hall–Kier alpha value is -7.26. The number of aromatic nitrogens is 12. The van der Waals surface area contributed by atoms with Gasteiger partial charge in [-0.1, -0.05) is 48.1 Å². The number of aromatic carboxylic acids is 3. The van der Waals surface area contributed by atoms with Gasteiger partial charge in [-0.3, -0.25) is 14.4 Å². The van der Waals surface area contributed by atoms with Crippen molar-refractivity contribution in [3.8, 4) is 17.1 Å². The van der Waals surface area contributed by atoms with Crippen LogP contribution in [0.15, 0.2) is 88.3 Å². The van der Waals surface area contributed by atoms with E-state index in [2.05, 4.69) is 46.6 Å². The Morgan fingerprint density at radius 2 is 0.611 bits per heavy atom. The molecular formula is C45H51N15O9S3. The molecule has 6 heterocycles. The van der Waals surface area contributed by atoms with Crippen molar-refractivity contribution in [2.75, 3.05) is 56.5 Å². The highest BCUT2D eigenvalue weighted by molar-refractivity contribution is 8.00. The minimum atomic E-state index is -0.987. The van der Waals surface area contributed by atoms with E-state index in [4.69, 9.17) is 15.3 Å². The molecule has 3 aliphatic heterocycles. The maximum atomic E-state index is 12.4. The van der Waals surface area contributed by atoms with Gasteiger partial charge in [-0.25, -0.2) is 14.4 Å². The molecule has 72 heavy (non-hydrogen) atoms. The fraction of sp³-hybridized carbons (Fsp3) is 0.400. The molecule has 3 fully saturated rings. The van der Waals surface area contributed by atoms with Gasteiger partial charge in [0, 0.05) is 39.3 Å². The number of carbonyl (C=O) groups is 6. The second-order valence-electron chi connectivity index (χ2n) is 16.4. The molecule has 24 nitrogen and oxygen atoms in total. The van der Waals surface area contributed by atoms with Crippen LogP contribution in [-0.4, -0.2) is 183 Å². The first-order valence-electron chi connectivity index (χ1n) is 23.0. The van der Waals surface area contributed by atoms with Gasteiger partial charge in [0.2, 0.25) is 33.2 Å². The Morgan fingerprint density at radius 3 is 0.861 bits per heavy atom. The summed E-state index contributed by atoms with van der Waals surface area (Å²) in [5.74, 6) is -1.82. The number of piperidine rings is 1. The van der Waals surface area contributed by atoms with E-state index in [0.717, 1.165) is 77.8 Å². The number of carboxylic acid groups (broad SMARTS) is 3. The molecule has 0 spiro atoms. The fourth-order valence-corrected chi connectivity index (χ4v) is 9.99. The molecule has 0 bridgehead atoms. The van der Waals surface area contributed by atoms with Crippen LogP contribution < -0.4 is 0 Å². The molecule has 0 saturated carbocycles. The summed E-state index contributed by atoms with van der Waals surface area (Å²) >= 11 is 3.84. The van der Waals surface area contributed by atoms with E-state index in [9.17, 15) is 28.8 Å². The smallest absolute Gasteiger partial charge is 0.335 e. The third kappa shape index (κ3) is 14.7. The van der Waals surface area contributed by atoms with Crippen LogP contribution in [0, 0.1) is 0 Å². The van der Waals surface area contributed by atoms with Crippen LogP contribution in [0.4, 0.5) is 0 Å². The molecule has 27 heteroatoms. The average molecular weight is 1040 g/mol. The zero-order chi connectivity index (χ0) is 50.8. The molecule has 3 saturated heterocycles. The van der Waals surface area contributed by atoms with Crippen LogP contribution >= 0.6 is 35.3 Å². The Balaban J connectivity index is 0.000000159. The first-order chi connectivity index (χ1) is 34.9. The van der Waals surface area contributed by atoms with Crippen molar-refractivity contribution in [3.05, 3.63) is 89.5 Å². The van der Waals surface area contributed by atoms with Gasteiger partial charge in [0.15, 0.2) is 0 Å². The summed E-state index contributed by atoms with van der Waals surface area (Å²) in [5.41, 5.74) is 2.54. The molecule has 0 atom stereocenters. The molecule has 3 aliphatic rings. The van der Waals surface area contributed by atoms with E-state index in [1.54, 1.807) is 36.4 Å². The van der Waals surface area contributed by atoms with Crippen LogP contribution in [0.2, 0.25) is 0 Å². The van der Waals surface area contributed by atoms with Gasteiger partial charge in [-0.2, -0.15) is 14.0 Å². The summed E-state index contributed by atoms with van der Waals surface area (Å²) in [5, 5.41) is 62.8. The summed E-state index contributed by atoms with van der Waals surface area (Å²) in [6.07, 6.45) is 9.90. The summed E-state index contributed by atoms with van der Waals surface area (Å²) in [4.78, 5) is 75.0. The Kier molecular flexibility index (Phi) is 19.2. The number of thioether (sulfide) groups is 3. The van der Waals surface area contributed by atoms with Gasteiger partial charge in [-0.05, 0) is 149 Å². The molecule has 3 N–H and O–H groups in total. The highest BCUT2D eigenvalue weighted by Gasteiger charge is 2.22. The van der Waals surface area contributed by atoms with E-state index in [0.29, 0.717) is 32.5 Å². The van der Waals surface area contributed by atoms with Crippen molar-refractivity contribution in [1.29, 1.82) is 0 Å². The van der Waals surface area contributed by atoms with Crippen LogP contribution in [0.25, 0.3) is 17.1 Å². The second-order valence-corrected chi connectivity index (χ2v) is 19.2. The number of benzene rings is 3. The molecule has 6 aromatic rings. The molecule has 0 aliphatic carbocycles. The quantitative estimate of drug-likeness (QED) is 0.120. The van der Waals surface area contributed by atoms with Gasteiger partial charge >= 0.3 is 17.9 Å². The van der Waals surface area contributed by atoms with Crippen molar-refractivity contribution in [3.63, 3.8) is 0 Å². The van der Waals surface area contributed by atoms with E-state index in [1.807, 2.05) is 14.7 Å².